The van der Waals surface area contributed by atoms with Crippen molar-refractivity contribution >= 4 is 35.6 Å². The van der Waals surface area contributed by atoms with Gasteiger partial charge in [-0.25, -0.2) is 0 Å². The molecule has 0 spiro atoms. The fraction of sp³-hybridized carbons (Fsp3) is 0.263. The van der Waals surface area contributed by atoms with Crippen molar-refractivity contribution in [1.29, 1.82) is 0 Å². The third kappa shape index (κ3) is 2.96. The molecular formula is C19H20ClN3O2. The van der Waals surface area contributed by atoms with Crippen molar-refractivity contribution < 1.29 is 9.59 Å². The van der Waals surface area contributed by atoms with Gasteiger partial charge in [0.2, 0.25) is 5.91 Å². The second-order valence-corrected chi connectivity index (χ2v) is 6.31. The topological polar surface area (TPSA) is 66.6 Å². The van der Waals surface area contributed by atoms with Crippen LogP contribution < -0.4 is 10.6 Å². The second kappa shape index (κ2) is 6.76. The highest BCUT2D eigenvalue weighted by Gasteiger charge is 2.31. The number of halogens is 1. The number of hydrogen-bond donors (Lipinski definition) is 1. The number of rotatable bonds is 2. The zero-order valence-corrected chi connectivity index (χ0v) is 14.6. The molecule has 0 bridgehead atoms. The third-order valence-corrected chi connectivity index (χ3v) is 4.81. The van der Waals surface area contributed by atoms with E-state index in [9.17, 15) is 9.59 Å². The van der Waals surface area contributed by atoms with Gasteiger partial charge in [-0.2, -0.15) is 0 Å². The van der Waals surface area contributed by atoms with Crippen LogP contribution >= 0.6 is 12.4 Å². The second-order valence-electron chi connectivity index (χ2n) is 6.31. The Morgan fingerprint density at radius 1 is 1.12 bits per heavy atom. The quantitative estimate of drug-likeness (QED) is 0.840. The Balaban J connectivity index is 0.00000182. The van der Waals surface area contributed by atoms with E-state index in [1.54, 1.807) is 9.80 Å². The lowest BCUT2D eigenvalue weighted by molar-refractivity contribution is -0.119. The van der Waals surface area contributed by atoms with Gasteiger partial charge in [0, 0.05) is 30.0 Å². The smallest absolute Gasteiger partial charge is 0.254 e. The fourth-order valence-electron chi connectivity index (χ4n) is 3.60. The summed E-state index contributed by atoms with van der Waals surface area (Å²) in [6.45, 7) is 1.27. The van der Waals surface area contributed by atoms with Crippen molar-refractivity contribution in [2.75, 3.05) is 23.7 Å². The number of amides is 2. The average Bonchev–Trinajstić information content (AvgIpc) is 2.91. The van der Waals surface area contributed by atoms with Crippen molar-refractivity contribution in [1.82, 2.24) is 4.90 Å². The van der Waals surface area contributed by atoms with Crippen molar-refractivity contribution in [2.45, 2.75) is 19.4 Å². The van der Waals surface area contributed by atoms with Gasteiger partial charge in [0.15, 0.2) is 0 Å². The summed E-state index contributed by atoms with van der Waals surface area (Å²) in [6.07, 6.45) is 1.78. The number of anilines is 2. The Morgan fingerprint density at radius 3 is 2.72 bits per heavy atom. The molecule has 0 saturated heterocycles. The molecule has 0 atom stereocenters. The zero-order chi connectivity index (χ0) is 16.7. The van der Waals surface area contributed by atoms with E-state index in [-0.39, 0.29) is 30.8 Å². The summed E-state index contributed by atoms with van der Waals surface area (Å²) in [7, 11) is 0. The first-order valence-electron chi connectivity index (χ1n) is 8.20. The molecule has 2 aliphatic rings. The highest BCUT2D eigenvalue weighted by Crippen LogP contribution is 2.31. The Hall–Kier alpha value is -2.53. The Kier molecular flexibility index (Phi) is 4.68. The van der Waals surface area contributed by atoms with Crippen LogP contribution in [0.25, 0.3) is 0 Å². The molecule has 0 aliphatic carbocycles. The van der Waals surface area contributed by atoms with Gasteiger partial charge in [-0.05, 0) is 42.2 Å². The SMILES string of the molecule is Cl.Nc1cccc2c1CCCN2C(=O)CN1Cc2ccccc2C1=O. The average molecular weight is 358 g/mol. The van der Waals surface area contributed by atoms with Gasteiger partial charge in [0.1, 0.15) is 6.54 Å². The van der Waals surface area contributed by atoms with Crippen LogP contribution in [-0.4, -0.2) is 29.8 Å². The number of benzene rings is 2. The maximum atomic E-state index is 12.8. The van der Waals surface area contributed by atoms with E-state index in [1.165, 1.54) is 0 Å². The van der Waals surface area contributed by atoms with Crippen molar-refractivity contribution in [2.24, 2.45) is 0 Å². The van der Waals surface area contributed by atoms with E-state index in [0.29, 0.717) is 18.7 Å². The summed E-state index contributed by atoms with van der Waals surface area (Å²) >= 11 is 0. The molecule has 5 nitrogen and oxygen atoms in total. The van der Waals surface area contributed by atoms with Crippen LogP contribution in [0.4, 0.5) is 11.4 Å². The molecule has 130 valence electrons. The predicted molar refractivity (Wildman–Crippen MR) is 100.0 cm³/mol. The van der Waals surface area contributed by atoms with Gasteiger partial charge in [-0.1, -0.05) is 24.3 Å². The molecule has 0 fully saturated rings. The molecule has 2 heterocycles. The summed E-state index contributed by atoms with van der Waals surface area (Å²) in [5.41, 5.74) is 10.4. The minimum absolute atomic E-state index is 0. The first kappa shape index (κ1) is 17.3. The molecule has 2 N–H and O–H groups in total. The Morgan fingerprint density at radius 2 is 1.92 bits per heavy atom. The molecule has 0 radical (unpaired) electrons. The van der Waals surface area contributed by atoms with Crippen LogP contribution in [0.1, 0.15) is 27.9 Å². The number of carbonyl (C=O) groups is 2. The normalized spacial score (nSPS) is 15.4. The van der Waals surface area contributed by atoms with E-state index in [0.717, 1.165) is 35.3 Å². The molecule has 2 amide bonds. The van der Waals surface area contributed by atoms with Gasteiger partial charge < -0.3 is 15.5 Å². The molecule has 4 rings (SSSR count). The standard InChI is InChI=1S/C19H19N3O2.ClH/c20-16-8-3-9-17-15(16)7-4-10-22(17)18(23)12-21-11-13-5-1-2-6-14(13)19(21)24;/h1-3,5-6,8-9H,4,7,10-12,20H2;1H. The molecule has 2 aliphatic heterocycles. The predicted octanol–water partition coefficient (Wildman–Crippen LogP) is 2.63. The molecule has 0 aromatic heterocycles. The molecule has 2 aromatic rings. The highest BCUT2D eigenvalue weighted by atomic mass is 35.5. The highest BCUT2D eigenvalue weighted by molar-refractivity contribution is 6.03. The van der Waals surface area contributed by atoms with Gasteiger partial charge in [-0.3, -0.25) is 9.59 Å². The molecule has 6 heteroatoms. The lowest BCUT2D eigenvalue weighted by atomic mass is 10.00. The summed E-state index contributed by atoms with van der Waals surface area (Å²) in [5.74, 6) is -0.119. The van der Waals surface area contributed by atoms with Gasteiger partial charge in [0.05, 0.1) is 0 Å². The van der Waals surface area contributed by atoms with E-state index >= 15 is 0 Å². The molecular weight excluding hydrogens is 338 g/mol. The van der Waals surface area contributed by atoms with Crippen LogP contribution in [0, 0.1) is 0 Å². The third-order valence-electron chi connectivity index (χ3n) is 4.81. The van der Waals surface area contributed by atoms with Crippen LogP contribution in [0.15, 0.2) is 42.5 Å². The molecule has 25 heavy (non-hydrogen) atoms. The van der Waals surface area contributed by atoms with Gasteiger partial charge in [-0.15, -0.1) is 12.4 Å². The number of carbonyl (C=O) groups excluding carboxylic acids is 2. The fourth-order valence-corrected chi connectivity index (χ4v) is 3.60. The van der Waals surface area contributed by atoms with Crippen LogP contribution in [0.3, 0.4) is 0 Å². The number of fused-ring (bicyclic) bond motifs is 2. The summed E-state index contributed by atoms with van der Waals surface area (Å²) in [5, 5.41) is 0. The Labute approximate surface area is 152 Å². The monoisotopic (exact) mass is 357 g/mol. The van der Waals surface area contributed by atoms with Crippen molar-refractivity contribution in [3.63, 3.8) is 0 Å². The van der Waals surface area contributed by atoms with Crippen LogP contribution in [-0.2, 0) is 17.8 Å². The van der Waals surface area contributed by atoms with E-state index in [2.05, 4.69) is 0 Å². The number of nitrogen functional groups attached to an aromatic ring is 1. The van der Waals surface area contributed by atoms with E-state index in [1.807, 2.05) is 42.5 Å². The minimum Gasteiger partial charge on any atom is -0.398 e. The maximum absolute atomic E-state index is 12.8. The van der Waals surface area contributed by atoms with Gasteiger partial charge >= 0.3 is 0 Å². The molecule has 2 aromatic carbocycles. The summed E-state index contributed by atoms with van der Waals surface area (Å²) in [4.78, 5) is 28.7. The number of hydrogen-bond acceptors (Lipinski definition) is 3. The maximum Gasteiger partial charge on any atom is 0.254 e. The molecule has 0 unspecified atom stereocenters. The lowest BCUT2D eigenvalue weighted by Crippen LogP contribution is -2.43. The first-order valence-corrected chi connectivity index (χ1v) is 8.20. The minimum atomic E-state index is -0.0660. The zero-order valence-electron chi connectivity index (χ0n) is 13.8. The van der Waals surface area contributed by atoms with Gasteiger partial charge in [0.25, 0.3) is 5.91 Å². The summed E-state index contributed by atoms with van der Waals surface area (Å²) < 4.78 is 0. The van der Waals surface area contributed by atoms with Crippen molar-refractivity contribution in [3.8, 4) is 0 Å². The Bertz CT molecular complexity index is 837. The lowest BCUT2D eigenvalue weighted by Gasteiger charge is -2.31. The number of nitrogens with two attached hydrogens (primary N) is 1. The van der Waals surface area contributed by atoms with Crippen molar-refractivity contribution in [3.05, 3.63) is 59.2 Å². The molecule has 0 saturated carbocycles. The largest absolute Gasteiger partial charge is 0.398 e. The van der Waals surface area contributed by atoms with E-state index < -0.39 is 0 Å². The van der Waals surface area contributed by atoms with E-state index in [4.69, 9.17) is 5.73 Å². The summed E-state index contributed by atoms with van der Waals surface area (Å²) in [6, 6.07) is 13.2. The van der Waals surface area contributed by atoms with Crippen LogP contribution in [0.5, 0.6) is 0 Å². The number of nitrogens with zero attached hydrogens (tertiary/aromatic N) is 2. The first-order chi connectivity index (χ1) is 11.6. The van der Waals surface area contributed by atoms with Crippen LogP contribution in [0.2, 0.25) is 0 Å².